The number of aryl methyl sites for hydroxylation is 2. The molecule has 0 aliphatic rings. The lowest BCUT2D eigenvalue weighted by Gasteiger charge is -2.09. The van der Waals surface area contributed by atoms with E-state index in [4.69, 9.17) is 0 Å². The molecule has 0 atom stereocenters. The minimum absolute atomic E-state index is 0.379. The third-order valence-corrected chi connectivity index (χ3v) is 2.72. The maximum absolute atomic E-state index is 4.47. The van der Waals surface area contributed by atoms with Gasteiger partial charge in [-0.3, -0.25) is 4.68 Å². The molecule has 6 heteroatoms. The summed E-state index contributed by atoms with van der Waals surface area (Å²) < 4.78 is 3.70. The van der Waals surface area contributed by atoms with Gasteiger partial charge in [-0.05, 0) is 12.3 Å². The van der Waals surface area contributed by atoms with Crippen molar-refractivity contribution in [2.45, 2.75) is 39.7 Å². The van der Waals surface area contributed by atoms with Crippen LogP contribution in [-0.2, 0) is 13.6 Å². The second-order valence-electron chi connectivity index (χ2n) is 4.72. The summed E-state index contributed by atoms with van der Waals surface area (Å²) in [6, 6.07) is 0. The lowest BCUT2D eigenvalue weighted by molar-refractivity contribution is 0.585. The summed E-state index contributed by atoms with van der Waals surface area (Å²) in [5.74, 6) is 1.29. The Balaban J connectivity index is 2.25. The Morgan fingerprint density at radius 3 is 2.83 bits per heavy atom. The molecule has 0 saturated heterocycles. The number of hydrogen-bond acceptors (Lipinski definition) is 4. The van der Waals surface area contributed by atoms with Crippen molar-refractivity contribution < 1.29 is 0 Å². The molecule has 0 unspecified atom stereocenters. The van der Waals surface area contributed by atoms with Crippen molar-refractivity contribution in [3.63, 3.8) is 0 Å². The number of rotatable bonds is 5. The van der Waals surface area contributed by atoms with Gasteiger partial charge in [0.2, 0.25) is 0 Å². The summed E-state index contributed by atoms with van der Waals surface area (Å²) in [4.78, 5) is 0. The summed E-state index contributed by atoms with van der Waals surface area (Å²) in [5.41, 5.74) is 2.08. The molecule has 0 fully saturated rings. The van der Waals surface area contributed by atoms with E-state index in [-0.39, 0.29) is 0 Å². The van der Waals surface area contributed by atoms with E-state index >= 15 is 0 Å². The molecule has 6 nitrogen and oxygen atoms in total. The molecule has 0 aromatic carbocycles. The van der Waals surface area contributed by atoms with Gasteiger partial charge < -0.3 is 5.32 Å². The van der Waals surface area contributed by atoms with Crippen molar-refractivity contribution in [1.82, 2.24) is 24.8 Å². The van der Waals surface area contributed by atoms with Crippen LogP contribution in [0.1, 0.15) is 38.8 Å². The highest BCUT2D eigenvalue weighted by Gasteiger charge is 2.13. The summed E-state index contributed by atoms with van der Waals surface area (Å²) >= 11 is 0. The van der Waals surface area contributed by atoms with Crippen molar-refractivity contribution in [1.29, 1.82) is 0 Å². The summed E-state index contributed by atoms with van der Waals surface area (Å²) in [6.07, 6.45) is 4.76. The average Bonchev–Trinajstić information content (AvgIpc) is 2.87. The highest BCUT2D eigenvalue weighted by Crippen LogP contribution is 2.25. The van der Waals surface area contributed by atoms with Gasteiger partial charge in [0, 0.05) is 19.8 Å². The molecule has 0 aliphatic carbocycles. The number of anilines is 2. The SMILES string of the molecule is CCCn1nncc1Nc1cn(C)nc1C(C)C. The van der Waals surface area contributed by atoms with Crippen molar-refractivity contribution >= 4 is 11.5 Å². The number of aromatic nitrogens is 5. The fourth-order valence-electron chi connectivity index (χ4n) is 1.90. The monoisotopic (exact) mass is 248 g/mol. The second kappa shape index (κ2) is 5.20. The zero-order valence-electron chi connectivity index (χ0n) is 11.4. The van der Waals surface area contributed by atoms with Crippen LogP contribution < -0.4 is 5.32 Å². The summed E-state index contributed by atoms with van der Waals surface area (Å²) in [7, 11) is 1.93. The van der Waals surface area contributed by atoms with E-state index in [1.165, 1.54) is 0 Å². The zero-order valence-corrected chi connectivity index (χ0v) is 11.4. The van der Waals surface area contributed by atoms with Gasteiger partial charge >= 0.3 is 0 Å². The predicted molar refractivity (Wildman–Crippen MR) is 70.9 cm³/mol. The van der Waals surface area contributed by atoms with Crippen LogP contribution in [-0.4, -0.2) is 24.8 Å². The second-order valence-corrected chi connectivity index (χ2v) is 4.72. The molecule has 0 amide bonds. The highest BCUT2D eigenvalue weighted by atomic mass is 15.5. The third kappa shape index (κ3) is 2.52. The van der Waals surface area contributed by atoms with E-state index < -0.39 is 0 Å². The Bertz CT molecular complexity index is 510. The number of nitrogens with one attached hydrogen (secondary N) is 1. The lowest BCUT2D eigenvalue weighted by atomic mass is 10.1. The molecule has 2 rings (SSSR count). The first-order valence-corrected chi connectivity index (χ1v) is 6.30. The van der Waals surface area contributed by atoms with Crippen molar-refractivity contribution in [2.75, 3.05) is 5.32 Å². The smallest absolute Gasteiger partial charge is 0.149 e. The molecular weight excluding hydrogens is 228 g/mol. The van der Waals surface area contributed by atoms with Gasteiger partial charge in [-0.15, -0.1) is 5.10 Å². The van der Waals surface area contributed by atoms with Crippen molar-refractivity contribution in [3.8, 4) is 0 Å². The van der Waals surface area contributed by atoms with Gasteiger partial charge in [0.1, 0.15) is 5.82 Å². The van der Waals surface area contributed by atoms with Crippen LogP contribution in [0, 0.1) is 0 Å². The summed E-state index contributed by atoms with van der Waals surface area (Å²) in [5, 5.41) is 15.8. The Morgan fingerprint density at radius 1 is 1.39 bits per heavy atom. The highest BCUT2D eigenvalue weighted by molar-refractivity contribution is 5.58. The van der Waals surface area contributed by atoms with Crippen LogP contribution in [0.3, 0.4) is 0 Å². The molecule has 0 aliphatic heterocycles. The van der Waals surface area contributed by atoms with E-state index in [0.717, 1.165) is 30.2 Å². The van der Waals surface area contributed by atoms with Crippen molar-refractivity contribution in [2.24, 2.45) is 7.05 Å². The first kappa shape index (κ1) is 12.6. The van der Waals surface area contributed by atoms with Crippen LogP contribution in [0.15, 0.2) is 12.4 Å². The van der Waals surface area contributed by atoms with E-state index in [2.05, 4.69) is 41.5 Å². The standard InChI is InChI=1S/C12H20N6/c1-5-6-18-11(7-13-16-18)14-10-8-17(4)15-12(10)9(2)3/h7-9,14H,5-6H2,1-4H3. The Labute approximate surface area is 107 Å². The molecule has 2 aromatic rings. The molecule has 2 aromatic heterocycles. The van der Waals surface area contributed by atoms with Gasteiger partial charge in [-0.1, -0.05) is 26.0 Å². The minimum Gasteiger partial charge on any atom is -0.336 e. The van der Waals surface area contributed by atoms with Gasteiger partial charge in [-0.25, -0.2) is 4.68 Å². The Kier molecular flexibility index (Phi) is 3.64. The van der Waals surface area contributed by atoms with Crippen LogP contribution in [0.2, 0.25) is 0 Å². The average molecular weight is 248 g/mol. The maximum atomic E-state index is 4.47. The third-order valence-electron chi connectivity index (χ3n) is 2.72. The van der Waals surface area contributed by atoms with Gasteiger partial charge in [0.05, 0.1) is 17.6 Å². The fourth-order valence-corrected chi connectivity index (χ4v) is 1.90. The molecule has 0 radical (unpaired) electrons. The zero-order chi connectivity index (χ0) is 13.1. The van der Waals surface area contributed by atoms with Crippen molar-refractivity contribution in [3.05, 3.63) is 18.1 Å². The maximum Gasteiger partial charge on any atom is 0.149 e. The fraction of sp³-hybridized carbons (Fsp3) is 0.583. The number of hydrogen-bond donors (Lipinski definition) is 1. The number of nitrogens with zero attached hydrogens (tertiary/aromatic N) is 5. The molecule has 98 valence electrons. The van der Waals surface area contributed by atoms with Crippen LogP contribution in [0.5, 0.6) is 0 Å². The van der Waals surface area contributed by atoms with Gasteiger partial charge in [0.15, 0.2) is 0 Å². The predicted octanol–water partition coefficient (Wildman–Crippen LogP) is 2.29. The Morgan fingerprint density at radius 2 is 2.17 bits per heavy atom. The Hall–Kier alpha value is -1.85. The molecule has 0 spiro atoms. The largest absolute Gasteiger partial charge is 0.336 e. The molecular formula is C12H20N6. The van der Waals surface area contributed by atoms with E-state index in [1.54, 1.807) is 6.20 Å². The normalized spacial score (nSPS) is 11.2. The first-order chi connectivity index (χ1) is 8.61. The van der Waals surface area contributed by atoms with Gasteiger partial charge in [0.25, 0.3) is 0 Å². The molecule has 0 saturated carbocycles. The van der Waals surface area contributed by atoms with Crippen LogP contribution in [0.4, 0.5) is 11.5 Å². The minimum atomic E-state index is 0.379. The van der Waals surface area contributed by atoms with Gasteiger partial charge in [-0.2, -0.15) is 5.10 Å². The lowest BCUT2D eigenvalue weighted by Crippen LogP contribution is -2.05. The topological polar surface area (TPSA) is 60.6 Å². The molecule has 2 heterocycles. The van der Waals surface area contributed by atoms with E-state index in [0.29, 0.717) is 5.92 Å². The van der Waals surface area contributed by atoms with Crippen LogP contribution >= 0.6 is 0 Å². The molecule has 1 N–H and O–H groups in total. The molecule has 0 bridgehead atoms. The summed E-state index contributed by atoms with van der Waals surface area (Å²) in [6.45, 7) is 7.25. The molecule has 18 heavy (non-hydrogen) atoms. The van der Waals surface area contributed by atoms with E-state index in [1.807, 2.05) is 22.6 Å². The van der Waals surface area contributed by atoms with Crippen LogP contribution in [0.25, 0.3) is 0 Å². The first-order valence-electron chi connectivity index (χ1n) is 6.30. The van der Waals surface area contributed by atoms with E-state index in [9.17, 15) is 0 Å². The quantitative estimate of drug-likeness (QED) is 0.882.